The maximum Gasteiger partial charge on any atom is 0.325 e. The second-order valence-electron chi connectivity index (χ2n) is 5.56. The van der Waals surface area contributed by atoms with Gasteiger partial charge in [-0.2, -0.15) is 0 Å². The van der Waals surface area contributed by atoms with E-state index < -0.39 is 36.0 Å². The summed E-state index contributed by atoms with van der Waals surface area (Å²) in [7, 11) is 1.31. The molecule has 7 heteroatoms. The number of hydrogen-bond acceptors (Lipinski definition) is 5. The van der Waals surface area contributed by atoms with Crippen LogP contribution in [0, 0.1) is 5.92 Å². The fourth-order valence-electron chi connectivity index (χ4n) is 2.94. The predicted molar refractivity (Wildman–Crippen MR) is 86.0 cm³/mol. The molecular formula is C17H22N2O5. The Kier molecular flexibility index (Phi) is 5.78. The first kappa shape index (κ1) is 17.8. The molecule has 0 aromatic heterocycles. The Morgan fingerprint density at radius 3 is 2.50 bits per heavy atom. The number of hydrogen-bond donors (Lipinski definition) is 1. The van der Waals surface area contributed by atoms with E-state index in [0.717, 1.165) is 5.56 Å². The van der Waals surface area contributed by atoms with Crippen molar-refractivity contribution in [1.29, 1.82) is 0 Å². The van der Waals surface area contributed by atoms with E-state index in [2.05, 4.69) is 5.32 Å². The highest BCUT2D eigenvalue weighted by Gasteiger charge is 2.45. The maximum absolute atomic E-state index is 12.4. The molecule has 0 spiro atoms. The molecule has 1 N–H and O–H groups in total. The SMILES string of the molecule is CCOC(=O)CN1C(=O)N[C@@H](c2ccccc2)[C@H](C(=O)OC)[C@H]1C. The van der Waals surface area contributed by atoms with E-state index in [0.29, 0.717) is 0 Å². The Morgan fingerprint density at radius 1 is 1.25 bits per heavy atom. The number of nitrogens with zero attached hydrogens (tertiary/aromatic N) is 1. The molecule has 0 unspecified atom stereocenters. The third-order valence-electron chi connectivity index (χ3n) is 4.15. The summed E-state index contributed by atoms with van der Waals surface area (Å²) in [6, 6.07) is 7.78. The monoisotopic (exact) mass is 334 g/mol. The molecule has 1 saturated heterocycles. The zero-order valence-electron chi connectivity index (χ0n) is 14.0. The number of nitrogens with one attached hydrogen (secondary N) is 1. The molecule has 0 radical (unpaired) electrons. The molecule has 2 amide bonds. The van der Waals surface area contributed by atoms with Gasteiger partial charge in [0.05, 0.1) is 19.8 Å². The van der Waals surface area contributed by atoms with Crippen LogP contribution in [0.1, 0.15) is 25.5 Å². The van der Waals surface area contributed by atoms with Crippen LogP contribution in [-0.2, 0) is 19.1 Å². The summed E-state index contributed by atoms with van der Waals surface area (Å²) in [5.74, 6) is -1.59. The van der Waals surface area contributed by atoms with Crippen molar-refractivity contribution < 1.29 is 23.9 Å². The number of benzene rings is 1. The summed E-state index contributed by atoms with van der Waals surface area (Å²) in [4.78, 5) is 37.8. The standard InChI is InChI=1S/C17H22N2O5/c1-4-24-13(20)10-19-11(2)14(16(21)23-3)15(18-17(19)22)12-8-6-5-7-9-12/h5-9,11,14-15H,4,10H2,1-3H3,(H,18,22)/t11-,14-,15+/m1/s1. The Morgan fingerprint density at radius 2 is 1.92 bits per heavy atom. The van der Waals surface area contributed by atoms with Gasteiger partial charge in [0.1, 0.15) is 12.5 Å². The van der Waals surface area contributed by atoms with Crippen molar-refractivity contribution in [3.05, 3.63) is 35.9 Å². The van der Waals surface area contributed by atoms with Crippen LogP contribution in [0.15, 0.2) is 30.3 Å². The van der Waals surface area contributed by atoms with E-state index in [9.17, 15) is 14.4 Å². The van der Waals surface area contributed by atoms with Crippen molar-refractivity contribution in [2.24, 2.45) is 5.92 Å². The maximum atomic E-state index is 12.4. The highest BCUT2D eigenvalue weighted by molar-refractivity contribution is 5.85. The van der Waals surface area contributed by atoms with Crippen molar-refractivity contribution in [2.75, 3.05) is 20.3 Å². The lowest BCUT2D eigenvalue weighted by Gasteiger charge is -2.42. The van der Waals surface area contributed by atoms with Gasteiger partial charge in [-0.1, -0.05) is 30.3 Å². The molecule has 130 valence electrons. The molecule has 1 aliphatic rings. The van der Waals surface area contributed by atoms with Crippen LogP contribution >= 0.6 is 0 Å². The number of urea groups is 1. The zero-order valence-corrected chi connectivity index (χ0v) is 14.0. The van der Waals surface area contributed by atoms with Gasteiger partial charge in [0, 0.05) is 6.04 Å². The van der Waals surface area contributed by atoms with E-state index in [1.807, 2.05) is 30.3 Å². The van der Waals surface area contributed by atoms with Gasteiger partial charge in [-0.25, -0.2) is 4.79 Å². The van der Waals surface area contributed by atoms with E-state index >= 15 is 0 Å². The minimum absolute atomic E-state index is 0.212. The number of rotatable bonds is 5. The normalized spacial score (nSPS) is 23.4. The topological polar surface area (TPSA) is 84.9 Å². The molecule has 3 atom stereocenters. The molecule has 1 fully saturated rings. The van der Waals surface area contributed by atoms with Crippen LogP contribution in [0.5, 0.6) is 0 Å². The summed E-state index contributed by atoms with van der Waals surface area (Å²) in [5.41, 5.74) is 0.809. The molecule has 2 rings (SSSR count). The summed E-state index contributed by atoms with van der Waals surface area (Å²) in [6.45, 7) is 3.45. The molecule has 0 aliphatic carbocycles. The van der Waals surface area contributed by atoms with Gasteiger partial charge in [-0.15, -0.1) is 0 Å². The third-order valence-corrected chi connectivity index (χ3v) is 4.15. The second kappa shape index (κ2) is 7.81. The van der Waals surface area contributed by atoms with Crippen LogP contribution in [-0.4, -0.2) is 49.2 Å². The van der Waals surface area contributed by atoms with Crippen molar-refractivity contribution in [1.82, 2.24) is 10.2 Å². The number of carbonyl (C=O) groups is 3. The number of methoxy groups -OCH3 is 1. The highest BCUT2D eigenvalue weighted by Crippen LogP contribution is 2.32. The van der Waals surface area contributed by atoms with Gasteiger partial charge < -0.3 is 19.7 Å². The predicted octanol–water partition coefficient (Wildman–Crippen LogP) is 1.49. The highest BCUT2D eigenvalue weighted by atomic mass is 16.5. The lowest BCUT2D eigenvalue weighted by molar-refractivity contribution is -0.152. The summed E-state index contributed by atoms with van der Waals surface area (Å²) in [5, 5.41) is 2.80. The average Bonchev–Trinajstić information content (AvgIpc) is 2.58. The fourth-order valence-corrected chi connectivity index (χ4v) is 2.94. The van der Waals surface area contributed by atoms with E-state index in [4.69, 9.17) is 9.47 Å². The summed E-state index contributed by atoms with van der Waals surface area (Å²) in [6.07, 6.45) is 0. The first-order valence-corrected chi connectivity index (χ1v) is 7.85. The Hall–Kier alpha value is -2.57. The fraction of sp³-hybridized carbons (Fsp3) is 0.471. The van der Waals surface area contributed by atoms with Crippen LogP contribution in [0.2, 0.25) is 0 Å². The summed E-state index contributed by atoms with van der Waals surface area (Å²) >= 11 is 0. The average molecular weight is 334 g/mol. The molecule has 1 aromatic rings. The lowest BCUT2D eigenvalue weighted by atomic mass is 9.85. The van der Waals surface area contributed by atoms with E-state index in [1.165, 1.54) is 12.0 Å². The van der Waals surface area contributed by atoms with Crippen LogP contribution in [0.4, 0.5) is 4.79 Å². The molecule has 0 saturated carbocycles. The van der Waals surface area contributed by atoms with E-state index in [1.54, 1.807) is 13.8 Å². The largest absolute Gasteiger partial charge is 0.469 e. The van der Waals surface area contributed by atoms with Gasteiger partial charge in [-0.3, -0.25) is 9.59 Å². The molecule has 7 nitrogen and oxygen atoms in total. The second-order valence-corrected chi connectivity index (χ2v) is 5.56. The van der Waals surface area contributed by atoms with Gasteiger partial charge >= 0.3 is 18.0 Å². The van der Waals surface area contributed by atoms with Crippen LogP contribution in [0.3, 0.4) is 0 Å². The zero-order chi connectivity index (χ0) is 17.7. The molecule has 0 bridgehead atoms. The van der Waals surface area contributed by atoms with Crippen LogP contribution < -0.4 is 5.32 Å². The number of esters is 2. The number of amides is 2. The van der Waals surface area contributed by atoms with E-state index in [-0.39, 0.29) is 13.2 Å². The lowest BCUT2D eigenvalue weighted by Crippen LogP contribution is -2.60. The van der Waals surface area contributed by atoms with Crippen LogP contribution in [0.25, 0.3) is 0 Å². The van der Waals surface area contributed by atoms with Gasteiger partial charge in [0.15, 0.2) is 0 Å². The summed E-state index contributed by atoms with van der Waals surface area (Å²) < 4.78 is 9.81. The Balaban J connectivity index is 2.29. The van der Waals surface area contributed by atoms with Gasteiger partial charge in [-0.05, 0) is 19.4 Å². The van der Waals surface area contributed by atoms with Gasteiger partial charge in [0.2, 0.25) is 0 Å². The van der Waals surface area contributed by atoms with Crippen molar-refractivity contribution >= 4 is 18.0 Å². The first-order valence-electron chi connectivity index (χ1n) is 7.85. The first-order chi connectivity index (χ1) is 11.5. The van der Waals surface area contributed by atoms with Crippen molar-refractivity contribution in [3.8, 4) is 0 Å². The van der Waals surface area contributed by atoms with Crippen molar-refractivity contribution in [2.45, 2.75) is 25.9 Å². The van der Waals surface area contributed by atoms with Gasteiger partial charge in [0.25, 0.3) is 0 Å². The molecule has 1 heterocycles. The minimum Gasteiger partial charge on any atom is -0.469 e. The Bertz CT molecular complexity index is 604. The minimum atomic E-state index is -0.635. The third kappa shape index (κ3) is 3.67. The van der Waals surface area contributed by atoms with Crippen molar-refractivity contribution in [3.63, 3.8) is 0 Å². The molecule has 1 aliphatic heterocycles. The molecule has 24 heavy (non-hydrogen) atoms. The number of carbonyl (C=O) groups excluding carboxylic acids is 3. The molecular weight excluding hydrogens is 312 g/mol. The number of ether oxygens (including phenoxy) is 2. The molecule has 1 aromatic carbocycles. The Labute approximate surface area is 140 Å². The smallest absolute Gasteiger partial charge is 0.325 e. The quantitative estimate of drug-likeness (QED) is 0.825.